The first-order valence-electron chi connectivity index (χ1n) is 12.6. The van der Waals surface area contributed by atoms with Crippen LogP contribution in [0.5, 0.6) is 0 Å². The molecule has 0 unspecified atom stereocenters. The molecule has 1 aliphatic heterocycles. The summed E-state index contributed by atoms with van der Waals surface area (Å²) >= 11 is 0. The molecule has 2 heterocycles. The van der Waals surface area contributed by atoms with Gasteiger partial charge in [0.2, 0.25) is 5.91 Å². The molecule has 1 amide bonds. The molecule has 7 nitrogen and oxygen atoms in total. The fourth-order valence-corrected chi connectivity index (χ4v) is 5.82. The Morgan fingerprint density at radius 2 is 1.61 bits per heavy atom. The van der Waals surface area contributed by atoms with Crippen LogP contribution in [0, 0.1) is 5.92 Å². The standard InChI is InChI=1S/C26H34N4O3/c31-25(18-6-4-5-7-18)27-19-10-11-23-21(16-19)22(26(32)33)17-24(28-23)30-14-12-29(13-15-30)20-8-2-1-3-9-20/h10-11,16-18,20H,1-9,12-15H2,(H,27,31)(H,32,33). The Morgan fingerprint density at radius 3 is 2.30 bits per heavy atom. The largest absolute Gasteiger partial charge is 0.478 e. The van der Waals surface area contributed by atoms with Gasteiger partial charge in [0.15, 0.2) is 0 Å². The molecule has 0 spiro atoms. The molecule has 5 rings (SSSR count). The van der Waals surface area contributed by atoms with Gasteiger partial charge in [-0.3, -0.25) is 9.69 Å². The van der Waals surface area contributed by atoms with Gasteiger partial charge >= 0.3 is 5.97 Å². The molecule has 7 heteroatoms. The quantitative estimate of drug-likeness (QED) is 0.697. The molecule has 1 saturated heterocycles. The zero-order valence-corrected chi connectivity index (χ0v) is 19.3. The number of piperazine rings is 1. The van der Waals surface area contributed by atoms with Gasteiger partial charge in [-0.25, -0.2) is 9.78 Å². The number of hydrogen-bond acceptors (Lipinski definition) is 5. The number of nitrogens with one attached hydrogen (secondary N) is 1. The number of carboxylic acid groups (broad SMARTS) is 1. The van der Waals surface area contributed by atoms with Crippen molar-refractivity contribution in [1.29, 1.82) is 0 Å². The van der Waals surface area contributed by atoms with E-state index in [-0.39, 0.29) is 17.4 Å². The van der Waals surface area contributed by atoms with Gasteiger partial charge in [-0.15, -0.1) is 0 Å². The molecule has 3 fully saturated rings. The van der Waals surface area contributed by atoms with Crippen molar-refractivity contribution in [2.45, 2.75) is 63.8 Å². The van der Waals surface area contributed by atoms with Crippen LogP contribution in [0.15, 0.2) is 24.3 Å². The van der Waals surface area contributed by atoms with E-state index in [1.54, 1.807) is 12.1 Å². The molecule has 0 atom stereocenters. The van der Waals surface area contributed by atoms with Gasteiger partial charge in [-0.05, 0) is 49.9 Å². The normalized spacial score (nSPS) is 20.9. The van der Waals surface area contributed by atoms with E-state index in [1.807, 2.05) is 12.1 Å². The lowest BCUT2D eigenvalue weighted by Gasteiger charge is -2.41. The highest BCUT2D eigenvalue weighted by Gasteiger charge is 2.27. The number of hydrogen-bond donors (Lipinski definition) is 2. The summed E-state index contributed by atoms with van der Waals surface area (Å²) in [6.45, 7) is 3.73. The van der Waals surface area contributed by atoms with Crippen LogP contribution in [0.4, 0.5) is 11.5 Å². The fourth-order valence-electron chi connectivity index (χ4n) is 5.82. The number of rotatable bonds is 5. The van der Waals surface area contributed by atoms with E-state index < -0.39 is 5.97 Å². The highest BCUT2D eigenvalue weighted by molar-refractivity contribution is 6.05. The van der Waals surface area contributed by atoms with Crippen LogP contribution in [0.25, 0.3) is 10.9 Å². The van der Waals surface area contributed by atoms with Gasteiger partial charge in [0.25, 0.3) is 0 Å². The Bertz CT molecular complexity index is 1020. The monoisotopic (exact) mass is 450 g/mol. The van der Waals surface area contributed by atoms with Gasteiger partial charge in [-0.2, -0.15) is 0 Å². The van der Waals surface area contributed by atoms with Crippen molar-refractivity contribution < 1.29 is 14.7 Å². The fraction of sp³-hybridized carbons (Fsp3) is 0.577. The Hall–Kier alpha value is -2.67. The number of benzene rings is 1. The van der Waals surface area contributed by atoms with Crippen molar-refractivity contribution in [3.63, 3.8) is 0 Å². The summed E-state index contributed by atoms with van der Waals surface area (Å²) in [6.07, 6.45) is 10.7. The number of carbonyl (C=O) groups excluding carboxylic acids is 1. The molecule has 33 heavy (non-hydrogen) atoms. The first-order valence-corrected chi connectivity index (χ1v) is 12.6. The van der Waals surface area contributed by atoms with Crippen molar-refractivity contribution >= 4 is 34.3 Å². The van der Waals surface area contributed by atoms with Crippen molar-refractivity contribution in [2.75, 3.05) is 36.4 Å². The summed E-state index contributed by atoms with van der Waals surface area (Å²) < 4.78 is 0. The van der Waals surface area contributed by atoms with E-state index in [0.29, 0.717) is 22.6 Å². The molecule has 2 saturated carbocycles. The van der Waals surface area contributed by atoms with Crippen LogP contribution in [0.3, 0.4) is 0 Å². The minimum Gasteiger partial charge on any atom is -0.478 e. The van der Waals surface area contributed by atoms with Crippen LogP contribution >= 0.6 is 0 Å². The maximum Gasteiger partial charge on any atom is 0.336 e. The second-order valence-electron chi connectivity index (χ2n) is 9.85. The summed E-state index contributed by atoms with van der Waals surface area (Å²) in [6, 6.07) is 7.82. The van der Waals surface area contributed by atoms with Crippen molar-refractivity contribution in [3.05, 3.63) is 29.8 Å². The SMILES string of the molecule is O=C(O)c1cc(N2CCN(C3CCCCC3)CC2)nc2ccc(NC(=O)C3CCCC3)cc12. The molecule has 0 radical (unpaired) electrons. The summed E-state index contributed by atoms with van der Waals surface area (Å²) in [5.41, 5.74) is 1.53. The maximum atomic E-state index is 12.5. The van der Waals surface area contributed by atoms with E-state index in [4.69, 9.17) is 4.98 Å². The third kappa shape index (κ3) is 4.83. The number of carboxylic acids is 1. The topological polar surface area (TPSA) is 85.8 Å². The van der Waals surface area contributed by atoms with Gasteiger partial charge in [0, 0.05) is 49.2 Å². The lowest BCUT2D eigenvalue weighted by Crippen LogP contribution is -2.51. The predicted octanol–water partition coefficient (Wildman–Crippen LogP) is 4.52. The highest BCUT2D eigenvalue weighted by Crippen LogP contribution is 2.30. The second kappa shape index (κ2) is 9.67. The third-order valence-electron chi connectivity index (χ3n) is 7.75. The first kappa shape index (κ1) is 22.1. The van der Waals surface area contributed by atoms with E-state index >= 15 is 0 Å². The molecule has 1 aromatic carbocycles. The predicted molar refractivity (Wildman–Crippen MR) is 130 cm³/mol. The summed E-state index contributed by atoms with van der Waals surface area (Å²) in [5.74, 6) is -0.147. The smallest absolute Gasteiger partial charge is 0.336 e. The lowest BCUT2D eigenvalue weighted by molar-refractivity contribution is -0.119. The number of aromatic nitrogens is 1. The summed E-state index contributed by atoms with van der Waals surface area (Å²) in [4.78, 5) is 34.2. The van der Waals surface area contributed by atoms with E-state index in [9.17, 15) is 14.7 Å². The van der Waals surface area contributed by atoms with Crippen LogP contribution < -0.4 is 10.2 Å². The van der Waals surface area contributed by atoms with Gasteiger partial charge in [0.05, 0.1) is 11.1 Å². The van der Waals surface area contributed by atoms with Crippen molar-refractivity contribution in [3.8, 4) is 0 Å². The van der Waals surface area contributed by atoms with E-state index in [1.165, 1.54) is 32.1 Å². The van der Waals surface area contributed by atoms with E-state index in [2.05, 4.69) is 15.1 Å². The number of fused-ring (bicyclic) bond motifs is 1. The summed E-state index contributed by atoms with van der Waals surface area (Å²) in [7, 11) is 0. The Labute approximate surface area is 195 Å². The molecule has 3 aliphatic rings. The molecule has 2 N–H and O–H groups in total. The molecular formula is C26H34N4O3. The number of aromatic carboxylic acids is 1. The average molecular weight is 451 g/mol. The minimum atomic E-state index is -0.969. The van der Waals surface area contributed by atoms with E-state index in [0.717, 1.165) is 57.7 Å². The Morgan fingerprint density at radius 1 is 0.909 bits per heavy atom. The Balaban J connectivity index is 1.34. The van der Waals surface area contributed by atoms with Crippen LogP contribution in [-0.2, 0) is 4.79 Å². The van der Waals surface area contributed by atoms with Gasteiger partial charge in [0.1, 0.15) is 5.82 Å². The average Bonchev–Trinajstić information content (AvgIpc) is 3.39. The first-order chi connectivity index (χ1) is 16.1. The molecule has 2 aliphatic carbocycles. The lowest BCUT2D eigenvalue weighted by atomic mass is 9.94. The number of carbonyl (C=O) groups is 2. The Kier molecular flexibility index (Phi) is 6.49. The van der Waals surface area contributed by atoms with Crippen LogP contribution in [0.1, 0.15) is 68.1 Å². The second-order valence-corrected chi connectivity index (χ2v) is 9.85. The minimum absolute atomic E-state index is 0.0316. The number of amides is 1. The highest BCUT2D eigenvalue weighted by atomic mass is 16.4. The number of pyridine rings is 1. The maximum absolute atomic E-state index is 12.5. The molecule has 0 bridgehead atoms. The van der Waals surface area contributed by atoms with Crippen molar-refractivity contribution in [2.24, 2.45) is 5.92 Å². The number of nitrogens with zero attached hydrogens (tertiary/aromatic N) is 3. The molecule has 176 valence electrons. The van der Waals surface area contributed by atoms with Crippen LogP contribution in [0.2, 0.25) is 0 Å². The zero-order chi connectivity index (χ0) is 22.8. The van der Waals surface area contributed by atoms with Crippen molar-refractivity contribution in [1.82, 2.24) is 9.88 Å². The van der Waals surface area contributed by atoms with Gasteiger partial charge in [-0.1, -0.05) is 32.1 Å². The zero-order valence-electron chi connectivity index (χ0n) is 19.3. The third-order valence-corrected chi connectivity index (χ3v) is 7.75. The molecular weight excluding hydrogens is 416 g/mol. The summed E-state index contributed by atoms with van der Waals surface area (Å²) in [5, 5.41) is 13.5. The van der Waals surface area contributed by atoms with Crippen LogP contribution in [-0.4, -0.2) is 59.1 Å². The number of anilines is 2. The molecule has 2 aromatic rings. The molecule has 1 aromatic heterocycles. The van der Waals surface area contributed by atoms with Gasteiger partial charge < -0.3 is 15.3 Å².